The molecular weight excluding hydrogens is 252 g/mol. The second-order valence-electron chi connectivity index (χ2n) is 4.55. The quantitative estimate of drug-likeness (QED) is 0.475. The molecule has 20 heavy (non-hydrogen) atoms. The molecular formula is C16H12N2O2. The van der Waals surface area contributed by atoms with Gasteiger partial charge in [0.2, 0.25) is 0 Å². The average Bonchev–Trinajstić information content (AvgIpc) is 2.96. The molecule has 0 unspecified atom stereocenters. The fraction of sp³-hybridized carbons (Fsp3) is 0.125. The average molecular weight is 264 g/mol. The number of hydrogen-bond acceptors (Lipinski definition) is 3. The number of oxime groups is 1. The van der Waals surface area contributed by atoms with Crippen LogP contribution in [0.1, 0.15) is 12.5 Å². The van der Waals surface area contributed by atoms with Gasteiger partial charge in [-0.25, -0.2) is 4.79 Å². The lowest BCUT2D eigenvalue weighted by Crippen LogP contribution is -2.01. The summed E-state index contributed by atoms with van der Waals surface area (Å²) in [5, 5.41) is 4.72. The van der Waals surface area contributed by atoms with Crippen LogP contribution in [0.4, 0.5) is 0 Å². The molecule has 2 heterocycles. The number of benzene rings is 1. The maximum atomic E-state index is 11.6. The number of rotatable bonds is 2. The smallest absolute Gasteiger partial charge is 0.335 e. The Morgan fingerprint density at radius 2 is 2.25 bits per heavy atom. The van der Waals surface area contributed by atoms with Crippen LogP contribution < -0.4 is 0 Å². The number of carbonyl (C=O) groups excluding carboxylic acids is 1. The molecule has 0 fully saturated rings. The van der Waals surface area contributed by atoms with Crippen LogP contribution in [0.25, 0.3) is 17.0 Å². The minimum Gasteiger partial charge on any atom is -0.335 e. The first kappa shape index (κ1) is 12.2. The standard InChI is InChI=1S/C16H12N2O2/c1-3-8-18-10-12(13-6-4-5-7-15(13)18)9-14-11(2)17-20-16(14)19/h1,4-7,9-10H,8H2,2H3. The SMILES string of the molecule is C#CCn1cc(C=C2C(=O)ON=C2C)c2ccccc21. The first-order valence-corrected chi connectivity index (χ1v) is 6.20. The predicted molar refractivity (Wildman–Crippen MR) is 77.9 cm³/mol. The lowest BCUT2D eigenvalue weighted by Gasteiger charge is -1.97. The molecule has 0 amide bonds. The highest BCUT2D eigenvalue weighted by Gasteiger charge is 2.22. The second-order valence-corrected chi connectivity index (χ2v) is 4.55. The normalized spacial score (nSPS) is 16.3. The van der Waals surface area contributed by atoms with Crippen molar-refractivity contribution in [2.45, 2.75) is 13.5 Å². The van der Waals surface area contributed by atoms with Gasteiger partial charge in [-0.1, -0.05) is 29.3 Å². The van der Waals surface area contributed by atoms with Gasteiger partial charge in [0.15, 0.2) is 0 Å². The molecule has 0 spiro atoms. The Bertz CT molecular complexity index is 803. The Kier molecular flexibility index (Phi) is 2.88. The van der Waals surface area contributed by atoms with Crippen molar-refractivity contribution in [3.63, 3.8) is 0 Å². The lowest BCUT2D eigenvalue weighted by atomic mass is 10.1. The summed E-state index contributed by atoms with van der Waals surface area (Å²) in [4.78, 5) is 16.3. The Balaban J connectivity index is 2.18. The van der Waals surface area contributed by atoms with E-state index in [0.717, 1.165) is 16.5 Å². The highest BCUT2D eigenvalue weighted by Crippen LogP contribution is 2.25. The number of fused-ring (bicyclic) bond motifs is 1. The van der Waals surface area contributed by atoms with Crippen molar-refractivity contribution < 1.29 is 9.63 Å². The molecule has 2 aromatic rings. The van der Waals surface area contributed by atoms with Crippen molar-refractivity contribution in [1.29, 1.82) is 0 Å². The summed E-state index contributed by atoms with van der Waals surface area (Å²) in [6, 6.07) is 7.92. The molecule has 0 N–H and O–H groups in total. The van der Waals surface area contributed by atoms with Gasteiger partial charge in [-0.2, -0.15) is 0 Å². The molecule has 0 saturated heterocycles. The minimum absolute atomic E-state index is 0.420. The molecule has 1 aliphatic rings. The highest BCUT2D eigenvalue weighted by molar-refractivity contribution is 6.24. The van der Waals surface area contributed by atoms with Crippen LogP contribution in [0, 0.1) is 12.3 Å². The van der Waals surface area contributed by atoms with Gasteiger partial charge in [0.05, 0.1) is 17.8 Å². The highest BCUT2D eigenvalue weighted by atomic mass is 16.7. The number of hydrogen-bond donors (Lipinski definition) is 0. The van der Waals surface area contributed by atoms with Gasteiger partial charge in [0.25, 0.3) is 0 Å². The Morgan fingerprint density at radius 3 is 2.95 bits per heavy atom. The van der Waals surface area contributed by atoms with E-state index in [-0.39, 0.29) is 0 Å². The third-order valence-electron chi connectivity index (χ3n) is 3.26. The van der Waals surface area contributed by atoms with Crippen LogP contribution in [0.2, 0.25) is 0 Å². The zero-order valence-corrected chi connectivity index (χ0v) is 11.0. The molecule has 0 radical (unpaired) electrons. The van der Waals surface area contributed by atoms with E-state index in [1.54, 1.807) is 13.0 Å². The van der Waals surface area contributed by atoms with E-state index >= 15 is 0 Å². The Hall–Kier alpha value is -2.80. The van der Waals surface area contributed by atoms with Gasteiger partial charge in [0.1, 0.15) is 0 Å². The van der Waals surface area contributed by atoms with Crippen molar-refractivity contribution in [3.05, 3.63) is 41.6 Å². The summed E-state index contributed by atoms with van der Waals surface area (Å²) in [6.45, 7) is 2.23. The van der Waals surface area contributed by atoms with Gasteiger partial charge in [-0.3, -0.25) is 0 Å². The largest absolute Gasteiger partial charge is 0.367 e. The summed E-state index contributed by atoms with van der Waals surface area (Å²) >= 11 is 0. The number of nitrogens with zero attached hydrogens (tertiary/aromatic N) is 2. The fourth-order valence-electron chi connectivity index (χ4n) is 2.29. The first-order valence-electron chi connectivity index (χ1n) is 6.20. The zero-order valence-electron chi connectivity index (χ0n) is 11.0. The van der Waals surface area contributed by atoms with Gasteiger partial charge in [-0.15, -0.1) is 6.42 Å². The third-order valence-corrected chi connectivity index (χ3v) is 3.26. The maximum Gasteiger partial charge on any atom is 0.367 e. The summed E-state index contributed by atoms with van der Waals surface area (Å²) in [5.74, 6) is 2.21. The van der Waals surface area contributed by atoms with E-state index in [1.807, 2.05) is 35.0 Å². The Morgan fingerprint density at radius 1 is 1.45 bits per heavy atom. The molecule has 4 nitrogen and oxygen atoms in total. The van der Waals surface area contributed by atoms with Gasteiger partial charge in [0, 0.05) is 22.7 Å². The molecule has 0 aliphatic carbocycles. The van der Waals surface area contributed by atoms with Crippen molar-refractivity contribution in [3.8, 4) is 12.3 Å². The summed E-state index contributed by atoms with van der Waals surface area (Å²) in [7, 11) is 0. The maximum absolute atomic E-state index is 11.6. The Labute approximate surface area is 116 Å². The first-order chi connectivity index (χ1) is 9.70. The van der Waals surface area contributed by atoms with E-state index in [1.165, 1.54) is 0 Å². The molecule has 1 aromatic heterocycles. The van der Waals surface area contributed by atoms with Crippen molar-refractivity contribution in [1.82, 2.24) is 4.57 Å². The predicted octanol–water partition coefficient (Wildman–Crippen LogP) is 2.59. The second kappa shape index (κ2) is 4.71. The molecule has 1 aliphatic heterocycles. The van der Waals surface area contributed by atoms with Gasteiger partial charge in [-0.05, 0) is 19.1 Å². The topological polar surface area (TPSA) is 43.6 Å². The molecule has 0 bridgehead atoms. The van der Waals surface area contributed by atoms with Gasteiger partial charge < -0.3 is 9.40 Å². The monoisotopic (exact) mass is 264 g/mol. The summed E-state index contributed by atoms with van der Waals surface area (Å²) < 4.78 is 1.98. The van der Waals surface area contributed by atoms with Crippen LogP contribution in [0.3, 0.4) is 0 Å². The van der Waals surface area contributed by atoms with Crippen molar-refractivity contribution in [2.24, 2.45) is 5.16 Å². The van der Waals surface area contributed by atoms with E-state index in [4.69, 9.17) is 6.42 Å². The molecule has 0 saturated carbocycles. The van der Waals surface area contributed by atoms with E-state index in [0.29, 0.717) is 17.8 Å². The summed E-state index contributed by atoms with van der Waals surface area (Å²) in [5.41, 5.74) is 3.04. The lowest BCUT2D eigenvalue weighted by molar-refractivity contribution is -0.136. The van der Waals surface area contributed by atoms with E-state index in [9.17, 15) is 4.79 Å². The zero-order chi connectivity index (χ0) is 14.1. The summed E-state index contributed by atoms with van der Waals surface area (Å²) in [6.07, 6.45) is 9.13. The number of para-hydroxylation sites is 1. The molecule has 1 aromatic carbocycles. The number of aromatic nitrogens is 1. The van der Waals surface area contributed by atoms with Crippen LogP contribution >= 0.6 is 0 Å². The van der Waals surface area contributed by atoms with Gasteiger partial charge >= 0.3 is 5.97 Å². The molecule has 3 rings (SSSR count). The minimum atomic E-state index is -0.420. The number of terminal acetylenes is 1. The van der Waals surface area contributed by atoms with Crippen molar-refractivity contribution >= 4 is 28.7 Å². The van der Waals surface area contributed by atoms with Crippen LogP contribution in [-0.2, 0) is 16.2 Å². The van der Waals surface area contributed by atoms with Crippen LogP contribution in [-0.4, -0.2) is 16.2 Å². The van der Waals surface area contributed by atoms with E-state index < -0.39 is 5.97 Å². The molecule has 0 atom stereocenters. The molecule has 4 heteroatoms. The molecule has 98 valence electrons. The van der Waals surface area contributed by atoms with Crippen LogP contribution in [0.5, 0.6) is 0 Å². The fourth-order valence-corrected chi connectivity index (χ4v) is 2.29. The third kappa shape index (κ3) is 1.90. The van der Waals surface area contributed by atoms with E-state index in [2.05, 4.69) is 15.9 Å². The number of carbonyl (C=O) groups is 1. The van der Waals surface area contributed by atoms with Crippen LogP contribution in [0.15, 0.2) is 41.2 Å². The van der Waals surface area contributed by atoms with Crippen molar-refractivity contribution in [2.75, 3.05) is 0 Å².